The molecule has 1 aliphatic rings. The SMILES string of the molecule is CCCOc1ccccc1C(=O)C1CCCc2sccc21. The maximum absolute atomic E-state index is 13.0. The van der Waals surface area contributed by atoms with E-state index in [1.807, 2.05) is 24.3 Å². The number of para-hydroxylation sites is 1. The predicted molar refractivity (Wildman–Crippen MR) is 86.6 cm³/mol. The lowest BCUT2D eigenvalue weighted by Crippen LogP contribution is -2.18. The number of rotatable bonds is 5. The molecule has 0 saturated heterocycles. The topological polar surface area (TPSA) is 26.3 Å². The Morgan fingerprint density at radius 3 is 3.05 bits per heavy atom. The van der Waals surface area contributed by atoms with Gasteiger partial charge in [-0.1, -0.05) is 19.1 Å². The highest BCUT2D eigenvalue weighted by Crippen LogP contribution is 2.38. The van der Waals surface area contributed by atoms with Crippen molar-refractivity contribution in [2.45, 2.75) is 38.5 Å². The molecule has 1 heterocycles. The molecule has 21 heavy (non-hydrogen) atoms. The second kappa shape index (κ2) is 6.44. The number of carbonyl (C=O) groups is 1. The molecule has 0 aliphatic heterocycles. The van der Waals surface area contributed by atoms with Gasteiger partial charge in [0, 0.05) is 10.8 Å². The Morgan fingerprint density at radius 2 is 2.19 bits per heavy atom. The van der Waals surface area contributed by atoms with Gasteiger partial charge in [0.25, 0.3) is 0 Å². The highest BCUT2D eigenvalue weighted by atomic mass is 32.1. The summed E-state index contributed by atoms with van der Waals surface area (Å²) in [4.78, 5) is 14.4. The van der Waals surface area contributed by atoms with Crippen LogP contribution >= 0.6 is 11.3 Å². The lowest BCUT2D eigenvalue weighted by Gasteiger charge is -2.22. The third kappa shape index (κ3) is 2.88. The van der Waals surface area contributed by atoms with E-state index >= 15 is 0 Å². The lowest BCUT2D eigenvalue weighted by molar-refractivity contribution is 0.0947. The fourth-order valence-electron chi connectivity index (χ4n) is 2.95. The normalized spacial score (nSPS) is 17.3. The number of carbonyl (C=O) groups excluding carboxylic acids is 1. The van der Waals surface area contributed by atoms with Crippen molar-refractivity contribution in [3.63, 3.8) is 0 Å². The molecule has 0 amide bonds. The van der Waals surface area contributed by atoms with E-state index in [9.17, 15) is 4.79 Å². The number of aryl methyl sites for hydroxylation is 1. The molecule has 1 aromatic heterocycles. The number of fused-ring (bicyclic) bond motifs is 1. The molecule has 0 fully saturated rings. The first-order chi connectivity index (χ1) is 10.3. The van der Waals surface area contributed by atoms with Gasteiger partial charge in [-0.05, 0) is 54.8 Å². The van der Waals surface area contributed by atoms with Crippen molar-refractivity contribution >= 4 is 17.1 Å². The zero-order valence-corrected chi connectivity index (χ0v) is 13.1. The van der Waals surface area contributed by atoms with Crippen LogP contribution in [0.1, 0.15) is 52.9 Å². The van der Waals surface area contributed by atoms with Gasteiger partial charge in [0.1, 0.15) is 5.75 Å². The van der Waals surface area contributed by atoms with Crippen LogP contribution < -0.4 is 4.74 Å². The molecule has 110 valence electrons. The summed E-state index contributed by atoms with van der Waals surface area (Å²) in [6, 6.07) is 9.77. The van der Waals surface area contributed by atoms with Gasteiger partial charge in [0.2, 0.25) is 0 Å². The Balaban J connectivity index is 1.90. The van der Waals surface area contributed by atoms with Gasteiger partial charge in [0.05, 0.1) is 12.2 Å². The maximum atomic E-state index is 13.0. The van der Waals surface area contributed by atoms with E-state index in [4.69, 9.17) is 4.74 Å². The number of ketones is 1. The second-order valence-electron chi connectivity index (χ2n) is 5.45. The van der Waals surface area contributed by atoms with Crippen LogP contribution in [0.2, 0.25) is 0 Å². The molecule has 3 rings (SSSR count). The Morgan fingerprint density at radius 1 is 1.33 bits per heavy atom. The van der Waals surface area contributed by atoms with Crippen molar-refractivity contribution in [1.29, 1.82) is 0 Å². The van der Waals surface area contributed by atoms with Crippen molar-refractivity contribution in [2.24, 2.45) is 0 Å². The summed E-state index contributed by atoms with van der Waals surface area (Å²) in [6.45, 7) is 2.72. The molecule has 1 atom stereocenters. The van der Waals surface area contributed by atoms with Crippen LogP contribution in [0.25, 0.3) is 0 Å². The van der Waals surface area contributed by atoms with E-state index in [0.717, 1.165) is 37.0 Å². The van der Waals surface area contributed by atoms with Crippen molar-refractivity contribution in [3.05, 3.63) is 51.7 Å². The molecule has 2 aromatic rings. The minimum atomic E-state index is 0.00590. The third-order valence-corrected chi connectivity index (χ3v) is 4.98. The summed E-state index contributed by atoms with van der Waals surface area (Å²) < 4.78 is 5.75. The zero-order valence-electron chi connectivity index (χ0n) is 12.3. The minimum Gasteiger partial charge on any atom is -0.493 e. The molecule has 1 aliphatic carbocycles. The molecule has 0 N–H and O–H groups in total. The van der Waals surface area contributed by atoms with Gasteiger partial charge in [-0.3, -0.25) is 4.79 Å². The average Bonchev–Trinajstić information content (AvgIpc) is 3.01. The van der Waals surface area contributed by atoms with Crippen molar-refractivity contribution < 1.29 is 9.53 Å². The van der Waals surface area contributed by atoms with E-state index in [-0.39, 0.29) is 11.7 Å². The van der Waals surface area contributed by atoms with Gasteiger partial charge < -0.3 is 4.74 Å². The average molecular weight is 300 g/mol. The van der Waals surface area contributed by atoms with Crippen molar-refractivity contribution in [2.75, 3.05) is 6.61 Å². The smallest absolute Gasteiger partial charge is 0.174 e. The first-order valence-corrected chi connectivity index (χ1v) is 8.51. The Hall–Kier alpha value is -1.61. The second-order valence-corrected chi connectivity index (χ2v) is 6.45. The lowest BCUT2D eigenvalue weighted by atomic mass is 9.82. The fourth-order valence-corrected chi connectivity index (χ4v) is 3.94. The van der Waals surface area contributed by atoms with E-state index in [0.29, 0.717) is 6.61 Å². The number of hydrogen-bond acceptors (Lipinski definition) is 3. The number of benzene rings is 1. The summed E-state index contributed by atoms with van der Waals surface area (Å²) in [5.41, 5.74) is 1.97. The van der Waals surface area contributed by atoms with E-state index < -0.39 is 0 Å². The van der Waals surface area contributed by atoms with E-state index in [1.165, 1.54) is 10.4 Å². The van der Waals surface area contributed by atoms with Gasteiger partial charge >= 0.3 is 0 Å². The third-order valence-electron chi connectivity index (χ3n) is 3.98. The first-order valence-electron chi connectivity index (χ1n) is 7.63. The largest absolute Gasteiger partial charge is 0.493 e. The standard InChI is InChI=1S/C18H20O2S/c1-2-11-20-16-8-4-3-6-15(16)18(19)14-7-5-9-17-13(14)10-12-21-17/h3-4,6,8,10,12,14H,2,5,7,9,11H2,1H3. The van der Waals surface area contributed by atoms with Crippen molar-refractivity contribution in [3.8, 4) is 5.75 Å². The quantitative estimate of drug-likeness (QED) is 0.739. The van der Waals surface area contributed by atoms with Crippen LogP contribution in [0.4, 0.5) is 0 Å². The molecule has 0 bridgehead atoms. The van der Waals surface area contributed by atoms with E-state index in [2.05, 4.69) is 18.4 Å². The number of Topliss-reactive ketones (excluding diaryl/α,β-unsaturated/α-hetero) is 1. The van der Waals surface area contributed by atoms with Gasteiger partial charge in [-0.25, -0.2) is 0 Å². The summed E-state index contributed by atoms with van der Waals surface area (Å²) >= 11 is 1.78. The molecule has 2 nitrogen and oxygen atoms in total. The summed E-state index contributed by atoms with van der Waals surface area (Å²) in [5, 5.41) is 2.11. The zero-order chi connectivity index (χ0) is 14.7. The highest BCUT2D eigenvalue weighted by Gasteiger charge is 2.29. The Kier molecular flexibility index (Phi) is 4.39. The summed E-state index contributed by atoms with van der Waals surface area (Å²) in [5.74, 6) is 0.944. The monoisotopic (exact) mass is 300 g/mol. The maximum Gasteiger partial charge on any atom is 0.174 e. The molecule has 0 spiro atoms. The number of thiophene rings is 1. The van der Waals surface area contributed by atoms with Crippen LogP contribution in [0.5, 0.6) is 5.75 Å². The van der Waals surface area contributed by atoms with Crippen LogP contribution in [-0.2, 0) is 6.42 Å². The van der Waals surface area contributed by atoms with Crippen LogP contribution in [-0.4, -0.2) is 12.4 Å². The van der Waals surface area contributed by atoms with Crippen LogP contribution in [0.15, 0.2) is 35.7 Å². The fraction of sp³-hybridized carbons (Fsp3) is 0.389. The van der Waals surface area contributed by atoms with Gasteiger partial charge in [-0.15, -0.1) is 11.3 Å². The number of hydrogen-bond donors (Lipinski definition) is 0. The molecule has 1 unspecified atom stereocenters. The number of ether oxygens (including phenoxy) is 1. The van der Waals surface area contributed by atoms with Crippen molar-refractivity contribution in [1.82, 2.24) is 0 Å². The predicted octanol–water partition coefficient (Wildman–Crippen LogP) is 4.84. The highest BCUT2D eigenvalue weighted by molar-refractivity contribution is 7.10. The Bertz CT molecular complexity index is 630. The first kappa shape index (κ1) is 14.3. The molecule has 0 saturated carbocycles. The molecule has 0 radical (unpaired) electrons. The minimum absolute atomic E-state index is 0.00590. The Labute approximate surface area is 129 Å². The van der Waals surface area contributed by atoms with Gasteiger partial charge in [0.15, 0.2) is 5.78 Å². The molecular weight excluding hydrogens is 280 g/mol. The van der Waals surface area contributed by atoms with E-state index in [1.54, 1.807) is 11.3 Å². The molecule has 1 aromatic carbocycles. The van der Waals surface area contributed by atoms with Crippen LogP contribution in [0, 0.1) is 0 Å². The molecular formula is C18H20O2S. The molecule has 3 heteroatoms. The summed E-state index contributed by atoms with van der Waals surface area (Å²) in [6.07, 6.45) is 4.11. The van der Waals surface area contributed by atoms with Gasteiger partial charge in [-0.2, -0.15) is 0 Å². The summed E-state index contributed by atoms with van der Waals surface area (Å²) in [7, 11) is 0. The van der Waals surface area contributed by atoms with Crippen LogP contribution in [0.3, 0.4) is 0 Å².